The number of nitrogens with zero attached hydrogens (tertiary/aromatic N) is 1. The second-order valence-electron chi connectivity index (χ2n) is 7.36. The van der Waals surface area contributed by atoms with Crippen LogP contribution in [0.15, 0.2) is 0 Å². The molecular weight excluding hydrogens is 366 g/mol. The van der Waals surface area contributed by atoms with Crippen molar-refractivity contribution in [3.05, 3.63) is 0 Å². The molecule has 146 valence electrons. The zero-order chi connectivity index (χ0) is 17.8. The zero-order valence-corrected chi connectivity index (χ0v) is 16.5. The van der Waals surface area contributed by atoms with Gasteiger partial charge in [-0.15, -0.1) is 12.4 Å². The maximum atomic E-state index is 12.4. The summed E-state index contributed by atoms with van der Waals surface area (Å²) in [7, 11) is -1.41. The molecule has 1 atom stereocenters. The number of nitrogens with two attached hydrogens (primary N) is 1. The molecular formula is C16H30ClN3O4S. The molecule has 0 radical (unpaired) electrons. The number of hydrogen-bond donors (Lipinski definition) is 2. The molecule has 0 bridgehead atoms. The Morgan fingerprint density at radius 1 is 1.24 bits per heavy atom. The summed E-state index contributed by atoms with van der Waals surface area (Å²) < 4.78 is 22.8. The fraction of sp³-hybridized carbons (Fsp3) is 0.875. The van der Waals surface area contributed by atoms with Gasteiger partial charge < -0.3 is 16.0 Å². The van der Waals surface area contributed by atoms with Crippen LogP contribution in [-0.4, -0.2) is 62.8 Å². The molecule has 0 aromatic carbocycles. The van der Waals surface area contributed by atoms with Gasteiger partial charge in [-0.3, -0.25) is 9.59 Å². The minimum atomic E-state index is -3.03. The van der Waals surface area contributed by atoms with Crippen molar-refractivity contribution < 1.29 is 18.0 Å². The number of carbonyl (C=O) groups is 2. The molecule has 2 amide bonds. The molecule has 1 heterocycles. The van der Waals surface area contributed by atoms with Gasteiger partial charge in [0.2, 0.25) is 11.8 Å². The smallest absolute Gasteiger partial charge is 0.239 e. The van der Waals surface area contributed by atoms with Crippen molar-refractivity contribution in [1.29, 1.82) is 0 Å². The number of nitrogens with one attached hydrogen (secondary N) is 1. The molecule has 1 aliphatic carbocycles. The van der Waals surface area contributed by atoms with Crippen LogP contribution in [0.25, 0.3) is 0 Å². The van der Waals surface area contributed by atoms with Crippen LogP contribution in [0, 0.1) is 5.41 Å². The third-order valence-corrected chi connectivity index (χ3v) is 7.05. The largest absolute Gasteiger partial charge is 0.351 e. The highest BCUT2D eigenvalue weighted by molar-refractivity contribution is 7.91. The molecule has 1 saturated carbocycles. The average molecular weight is 396 g/mol. The topological polar surface area (TPSA) is 110 Å². The zero-order valence-electron chi connectivity index (χ0n) is 14.8. The van der Waals surface area contributed by atoms with E-state index in [-0.39, 0.29) is 53.7 Å². The molecule has 3 N–H and O–H groups in total. The van der Waals surface area contributed by atoms with E-state index >= 15 is 0 Å². The highest BCUT2D eigenvalue weighted by atomic mass is 35.5. The van der Waals surface area contributed by atoms with Crippen molar-refractivity contribution in [2.24, 2.45) is 11.1 Å². The molecule has 1 saturated heterocycles. The van der Waals surface area contributed by atoms with Crippen LogP contribution in [0.4, 0.5) is 0 Å². The molecule has 2 fully saturated rings. The first-order chi connectivity index (χ1) is 11.3. The van der Waals surface area contributed by atoms with Crippen LogP contribution in [0.1, 0.15) is 44.9 Å². The third kappa shape index (κ3) is 6.42. The van der Waals surface area contributed by atoms with E-state index in [1.807, 2.05) is 0 Å². The SMILES string of the molecule is CN(CC(=O)NC1CCS(=O)(=O)C1)C(=O)CC1(CN)CCCCC1.Cl. The Kier molecular flexibility index (Phi) is 8.15. The van der Waals surface area contributed by atoms with Gasteiger partial charge in [-0.25, -0.2) is 8.42 Å². The summed E-state index contributed by atoms with van der Waals surface area (Å²) in [6.45, 7) is 0.453. The molecule has 0 aromatic heterocycles. The van der Waals surface area contributed by atoms with Gasteiger partial charge >= 0.3 is 0 Å². The number of amides is 2. The van der Waals surface area contributed by atoms with Gasteiger partial charge in [0, 0.05) is 19.5 Å². The minimum absolute atomic E-state index is 0. The van der Waals surface area contributed by atoms with Gasteiger partial charge in [-0.2, -0.15) is 0 Å². The highest BCUT2D eigenvalue weighted by Crippen LogP contribution is 2.38. The van der Waals surface area contributed by atoms with Gasteiger partial charge in [-0.1, -0.05) is 19.3 Å². The molecule has 7 nitrogen and oxygen atoms in total. The first-order valence-corrected chi connectivity index (χ1v) is 10.5. The monoisotopic (exact) mass is 395 g/mol. The Balaban J connectivity index is 0.00000312. The van der Waals surface area contributed by atoms with E-state index in [9.17, 15) is 18.0 Å². The van der Waals surface area contributed by atoms with Gasteiger partial charge in [-0.05, 0) is 31.2 Å². The van der Waals surface area contributed by atoms with Gasteiger partial charge in [0.05, 0.1) is 18.1 Å². The normalized spacial score (nSPS) is 24.2. The number of rotatable bonds is 6. The Morgan fingerprint density at radius 3 is 2.40 bits per heavy atom. The first kappa shape index (κ1) is 22.2. The number of likely N-dealkylation sites (N-methyl/N-ethyl adjacent to an activating group) is 1. The van der Waals surface area contributed by atoms with E-state index in [0.717, 1.165) is 25.7 Å². The Labute approximate surface area is 156 Å². The number of hydrogen-bond acceptors (Lipinski definition) is 5. The molecule has 0 aromatic rings. The van der Waals surface area contributed by atoms with Crippen LogP contribution < -0.4 is 11.1 Å². The summed E-state index contributed by atoms with van der Waals surface area (Å²) in [5.41, 5.74) is 5.79. The molecule has 25 heavy (non-hydrogen) atoms. The quantitative estimate of drug-likeness (QED) is 0.679. The minimum Gasteiger partial charge on any atom is -0.351 e. The van der Waals surface area contributed by atoms with Crippen molar-refractivity contribution in [3.8, 4) is 0 Å². The number of carbonyl (C=O) groups excluding carboxylic acids is 2. The van der Waals surface area contributed by atoms with Crippen molar-refractivity contribution in [2.75, 3.05) is 31.6 Å². The highest BCUT2D eigenvalue weighted by Gasteiger charge is 2.34. The first-order valence-electron chi connectivity index (χ1n) is 8.69. The van der Waals surface area contributed by atoms with Crippen molar-refractivity contribution in [2.45, 2.75) is 51.0 Å². The lowest BCUT2D eigenvalue weighted by atomic mass is 9.71. The van der Waals surface area contributed by atoms with E-state index in [1.54, 1.807) is 7.05 Å². The second kappa shape index (κ2) is 9.19. The van der Waals surface area contributed by atoms with Crippen molar-refractivity contribution in [3.63, 3.8) is 0 Å². The molecule has 2 aliphatic rings. The third-order valence-electron chi connectivity index (χ3n) is 5.28. The van der Waals surface area contributed by atoms with E-state index < -0.39 is 9.84 Å². The van der Waals surface area contributed by atoms with E-state index in [0.29, 0.717) is 19.4 Å². The van der Waals surface area contributed by atoms with E-state index in [4.69, 9.17) is 5.73 Å². The lowest BCUT2D eigenvalue weighted by Crippen LogP contribution is -2.45. The Hall–Kier alpha value is -0.860. The van der Waals surface area contributed by atoms with Crippen LogP contribution in [0.3, 0.4) is 0 Å². The number of halogens is 1. The summed E-state index contributed by atoms with van der Waals surface area (Å²) >= 11 is 0. The van der Waals surface area contributed by atoms with E-state index in [1.165, 1.54) is 11.3 Å². The van der Waals surface area contributed by atoms with Gasteiger partial charge in [0.15, 0.2) is 9.84 Å². The maximum absolute atomic E-state index is 12.4. The Morgan fingerprint density at radius 2 is 1.88 bits per heavy atom. The molecule has 0 spiro atoms. The number of sulfone groups is 1. The second-order valence-corrected chi connectivity index (χ2v) is 9.59. The van der Waals surface area contributed by atoms with Crippen LogP contribution in [0.5, 0.6) is 0 Å². The van der Waals surface area contributed by atoms with E-state index in [2.05, 4.69) is 5.32 Å². The average Bonchev–Trinajstić information content (AvgIpc) is 2.86. The standard InChI is InChI=1S/C16H29N3O4S.ClH/c1-19(10-14(20)18-13-5-8-24(22,23)11-13)15(21)9-16(12-17)6-3-2-4-7-16;/h13H,2-12,17H2,1H3,(H,18,20);1H. The molecule has 9 heteroatoms. The van der Waals surface area contributed by atoms with Crippen LogP contribution >= 0.6 is 12.4 Å². The fourth-order valence-electron chi connectivity index (χ4n) is 3.70. The summed E-state index contributed by atoms with van der Waals surface area (Å²) in [6.07, 6.45) is 6.16. The summed E-state index contributed by atoms with van der Waals surface area (Å²) in [5, 5.41) is 2.71. The summed E-state index contributed by atoms with van der Waals surface area (Å²) in [4.78, 5) is 25.9. The molecule has 1 aliphatic heterocycles. The molecule has 1 unspecified atom stereocenters. The predicted molar refractivity (Wildman–Crippen MR) is 99.3 cm³/mol. The predicted octanol–water partition coefficient (Wildman–Crippen LogP) is 0.469. The Bertz CT molecular complexity index is 576. The van der Waals surface area contributed by atoms with Gasteiger partial charge in [0.25, 0.3) is 0 Å². The van der Waals surface area contributed by atoms with Crippen LogP contribution in [0.2, 0.25) is 0 Å². The fourth-order valence-corrected chi connectivity index (χ4v) is 5.37. The maximum Gasteiger partial charge on any atom is 0.239 e. The lowest BCUT2D eigenvalue weighted by molar-refractivity contribution is -0.137. The van der Waals surface area contributed by atoms with Crippen LogP contribution in [-0.2, 0) is 19.4 Å². The lowest BCUT2D eigenvalue weighted by Gasteiger charge is -2.36. The van der Waals surface area contributed by atoms with Crippen molar-refractivity contribution in [1.82, 2.24) is 10.2 Å². The molecule has 2 rings (SSSR count). The summed E-state index contributed by atoms with van der Waals surface area (Å²) in [5.74, 6) is -0.270. The summed E-state index contributed by atoms with van der Waals surface area (Å²) in [6, 6.07) is -0.334. The van der Waals surface area contributed by atoms with Gasteiger partial charge in [0.1, 0.15) is 0 Å². The van der Waals surface area contributed by atoms with Crippen molar-refractivity contribution >= 4 is 34.1 Å².